The van der Waals surface area contributed by atoms with Gasteiger partial charge in [-0.2, -0.15) is 0 Å². The normalized spacial score (nSPS) is 31.9. The van der Waals surface area contributed by atoms with Crippen LogP contribution in [0.5, 0.6) is 0 Å². The van der Waals surface area contributed by atoms with Gasteiger partial charge < -0.3 is 14.7 Å². The van der Waals surface area contributed by atoms with Crippen LogP contribution < -0.4 is 4.72 Å². The Morgan fingerprint density at radius 2 is 2.32 bits per heavy atom. The summed E-state index contributed by atoms with van der Waals surface area (Å²) < 4.78 is 29.8. The maximum atomic E-state index is 12.0. The lowest BCUT2D eigenvalue weighted by atomic mass is 9.87. The van der Waals surface area contributed by atoms with Crippen LogP contribution in [-0.2, 0) is 19.6 Å². The van der Waals surface area contributed by atoms with E-state index in [-0.39, 0.29) is 12.5 Å². The molecule has 8 heteroatoms. The maximum Gasteiger partial charge on any atom is 0.237 e. The number of amides is 1. The van der Waals surface area contributed by atoms with Gasteiger partial charge in [0.1, 0.15) is 5.60 Å². The maximum absolute atomic E-state index is 12.0. The highest BCUT2D eigenvalue weighted by Gasteiger charge is 2.47. The number of ether oxygens (including phenoxy) is 1. The van der Waals surface area contributed by atoms with Crippen molar-refractivity contribution in [1.82, 2.24) is 9.62 Å². The minimum atomic E-state index is -3.37. The summed E-state index contributed by atoms with van der Waals surface area (Å²) in [6.45, 7) is 1.11. The van der Waals surface area contributed by atoms with Gasteiger partial charge in [-0.3, -0.25) is 4.79 Å². The van der Waals surface area contributed by atoms with E-state index in [9.17, 15) is 18.3 Å². The standard InChI is InChI=1S/C11H20N2O5S/c1-19(16,17)12-7-10(15)13-5-3-9(14)11(8-13)4-2-6-18-11/h9,12,14H,2-8H2,1H3/t9-,11-/m0/s1. The van der Waals surface area contributed by atoms with Crippen molar-refractivity contribution in [2.45, 2.75) is 31.0 Å². The molecule has 0 bridgehead atoms. The Morgan fingerprint density at radius 1 is 1.58 bits per heavy atom. The molecule has 0 aromatic rings. The number of aliphatic hydroxyl groups is 1. The Kier molecular flexibility index (Phi) is 4.14. The number of hydrogen-bond acceptors (Lipinski definition) is 5. The third kappa shape index (κ3) is 3.44. The molecule has 1 amide bonds. The highest BCUT2D eigenvalue weighted by Crippen LogP contribution is 2.34. The van der Waals surface area contributed by atoms with Crippen LogP contribution in [0.25, 0.3) is 0 Å². The highest BCUT2D eigenvalue weighted by atomic mass is 32.2. The van der Waals surface area contributed by atoms with Gasteiger partial charge in [-0.15, -0.1) is 0 Å². The molecular formula is C11H20N2O5S. The molecule has 0 saturated carbocycles. The molecule has 19 heavy (non-hydrogen) atoms. The zero-order valence-electron chi connectivity index (χ0n) is 11.0. The van der Waals surface area contributed by atoms with Crippen LogP contribution in [0.15, 0.2) is 0 Å². The van der Waals surface area contributed by atoms with Gasteiger partial charge in [0, 0.05) is 13.2 Å². The quantitative estimate of drug-likeness (QED) is 0.672. The van der Waals surface area contributed by atoms with Crippen molar-refractivity contribution >= 4 is 15.9 Å². The Bertz CT molecular complexity index is 444. The first-order valence-electron chi connectivity index (χ1n) is 6.37. The van der Waals surface area contributed by atoms with Gasteiger partial charge in [0.05, 0.1) is 25.4 Å². The van der Waals surface area contributed by atoms with E-state index in [1.807, 2.05) is 0 Å². The lowest BCUT2D eigenvalue weighted by Crippen LogP contribution is -2.59. The summed E-state index contributed by atoms with van der Waals surface area (Å²) in [4.78, 5) is 13.5. The molecule has 2 N–H and O–H groups in total. The fourth-order valence-corrected chi connectivity index (χ4v) is 3.06. The van der Waals surface area contributed by atoms with E-state index in [0.29, 0.717) is 26.1 Å². The number of carbonyl (C=O) groups is 1. The van der Waals surface area contributed by atoms with E-state index in [2.05, 4.69) is 4.72 Å². The smallest absolute Gasteiger partial charge is 0.237 e. The molecule has 0 radical (unpaired) electrons. The summed E-state index contributed by atoms with van der Waals surface area (Å²) in [5.74, 6) is -0.285. The Labute approximate surface area is 113 Å². The Balaban J connectivity index is 1.96. The molecule has 2 atom stereocenters. The van der Waals surface area contributed by atoms with Crippen molar-refractivity contribution < 1.29 is 23.1 Å². The van der Waals surface area contributed by atoms with Crippen LogP contribution in [0.3, 0.4) is 0 Å². The van der Waals surface area contributed by atoms with Gasteiger partial charge >= 0.3 is 0 Å². The molecule has 1 spiro atoms. The molecule has 2 fully saturated rings. The molecule has 7 nitrogen and oxygen atoms in total. The van der Waals surface area contributed by atoms with E-state index in [0.717, 1.165) is 19.1 Å². The van der Waals surface area contributed by atoms with Crippen molar-refractivity contribution in [1.29, 1.82) is 0 Å². The SMILES string of the molecule is CS(=O)(=O)NCC(=O)N1CC[C@H](O)[C@]2(CCCO2)C1. The fourth-order valence-electron chi connectivity index (χ4n) is 2.67. The van der Waals surface area contributed by atoms with Crippen LogP contribution in [0, 0.1) is 0 Å². The molecular weight excluding hydrogens is 272 g/mol. The predicted octanol–water partition coefficient (Wildman–Crippen LogP) is -1.32. The van der Waals surface area contributed by atoms with Crippen LogP contribution in [0.2, 0.25) is 0 Å². The number of sulfonamides is 1. The molecule has 2 saturated heterocycles. The first kappa shape index (κ1) is 14.7. The summed E-state index contributed by atoms with van der Waals surface area (Å²) in [6, 6.07) is 0. The Hall–Kier alpha value is -0.700. The van der Waals surface area contributed by atoms with E-state index >= 15 is 0 Å². The largest absolute Gasteiger partial charge is 0.390 e. The van der Waals surface area contributed by atoms with Crippen LogP contribution >= 0.6 is 0 Å². The van der Waals surface area contributed by atoms with Crippen molar-refractivity contribution in [3.8, 4) is 0 Å². The monoisotopic (exact) mass is 292 g/mol. The molecule has 2 rings (SSSR count). The average molecular weight is 292 g/mol. The molecule has 0 unspecified atom stereocenters. The summed E-state index contributed by atoms with van der Waals surface area (Å²) >= 11 is 0. The van der Waals surface area contributed by atoms with Crippen molar-refractivity contribution in [3.05, 3.63) is 0 Å². The minimum absolute atomic E-state index is 0.245. The van der Waals surface area contributed by atoms with E-state index in [4.69, 9.17) is 4.74 Å². The van der Waals surface area contributed by atoms with E-state index in [1.54, 1.807) is 4.90 Å². The third-order valence-corrected chi connectivity index (χ3v) is 4.38. The number of likely N-dealkylation sites (tertiary alicyclic amines) is 1. The first-order valence-corrected chi connectivity index (χ1v) is 8.26. The fraction of sp³-hybridized carbons (Fsp3) is 0.909. The predicted molar refractivity (Wildman–Crippen MR) is 68.0 cm³/mol. The number of hydrogen-bond donors (Lipinski definition) is 2. The highest BCUT2D eigenvalue weighted by molar-refractivity contribution is 7.88. The molecule has 0 aromatic carbocycles. The molecule has 2 heterocycles. The lowest BCUT2D eigenvalue weighted by molar-refractivity contribution is -0.154. The van der Waals surface area contributed by atoms with E-state index in [1.165, 1.54) is 0 Å². The van der Waals surface area contributed by atoms with Crippen molar-refractivity contribution in [2.75, 3.05) is 32.5 Å². The van der Waals surface area contributed by atoms with Crippen LogP contribution in [0.1, 0.15) is 19.3 Å². The number of nitrogens with zero attached hydrogens (tertiary/aromatic N) is 1. The van der Waals surface area contributed by atoms with Crippen molar-refractivity contribution in [3.63, 3.8) is 0 Å². The average Bonchev–Trinajstić information content (AvgIpc) is 2.78. The number of aliphatic hydroxyl groups excluding tert-OH is 1. The number of carbonyl (C=O) groups excluding carboxylic acids is 1. The van der Waals surface area contributed by atoms with Gasteiger partial charge in [-0.1, -0.05) is 0 Å². The molecule has 0 aromatic heterocycles. The summed E-state index contributed by atoms with van der Waals surface area (Å²) in [5.41, 5.74) is -0.654. The number of piperidine rings is 1. The third-order valence-electron chi connectivity index (χ3n) is 3.71. The van der Waals surface area contributed by atoms with Crippen LogP contribution in [0.4, 0.5) is 0 Å². The topological polar surface area (TPSA) is 95.9 Å². The number of rotatable bonds is 3. The summed E-state index contributed by atoms with van der Waals surface area (Å²) in [6.07, 6.45) is 2.53. The zero-order chi connectivity index (χ0) is 14.1. The second-order valence-electron chi connectivity index (χ2n) is 5.23. The Morgan fingerprint density at radius 3 is 2.89 bits per heavy atom. The van der Waals surface area contributed by atoms with Gasteiger partial charge in [-0.05, 0) is 19.3 Å². The van der Waals surface area contributed by atoms with Gasteiger partial charge in [0.2, 0.25) is 15.9 Å². The van der Waals surface area contributed by atoms with Gasteiger partial charge in [0.15, 0.2) is 0 Å². The van der Waals surface area contributed by atoms with Crippen LogP contribution in [-0.4, -0.2) is 68.5 Å². The summed E-state index contributed by atoms with van der Waals surface area (Å²) in [7, 11) is -3.37. The van der Waals surface area contributed by atoms with Crippen molar-refractivity contribution in [2.24, 2.45) is 0 Å². The molecule has 0 aliphatic carbocycles. The first-order chi connectivity index (χ1) is 8.82. The second-order valence-corrected chi connectivity index (χ2v) is 7.06. The lowest BCUT2D eigenvalue weighted by Gasteiger charge is -2.43. The summed E-state index contributed by atoms with van der Waals surface area (Å²) in [5, 5.41) is 10.0. The zero-order valence-corrected chi connectivity index (χ0v) is 11.8. The number of nitrogens with one attached hydrogen (secondary N) is 1. The minimum Gasteiger partial charge on any atom is -0.390 e. The van der Waals surface area contributed by atoms with Gasteiger partial charge in [0.25, 0.3) is 0 Å². The van der Waals surface area contributed by atoms with Gasteiger partial charge in [-0.25, -0.2) is 13.1 Å². The molecule has 110 valence electrons. The van der Waals surface area contributed by atoms with E-state index < -0.39 is 21.7 Å². The molecule has 2 aliphatic rings. The second kappa shape index (κ2) is 5.35. The molecule has 2 aliphatic heterocycles.